The summed E-state index contributed by atoms with van der Waals surface area (Å²) in [5.41, 5.74) is 2.61. The van der Waals surface area contributed by atoms with Crippen LogP contribution in [-0.2, 0) is 13.0 Å². The van der Waals surface area contributed by atoms with Crippen LogP contribution in [-0.4, -0.2) is 49.1 Å². The Balaban J connectivity index is 1.25. The second kappa shape index (κ2) is 12.1. The van der Waals surface area contributed by atoms with Crippen molar-refractivity contribution in [2.24, 2.45) is 10.9 Å². The number of aryl methyl sites for hydroxylation is 2. The molecule has 1 aliphatic rings. The fourth-order valence-electron chi connectivity index (χ4n) is 4.15. The molecule has 164 valence electrons. The van der Waals surface area contributed by atoms with Gasteiger partial charge in [0.05, 0.1) is 17.2 Å². The topological polar surface area (TPSA) is 52.6 Å². The maximum absolute atomic E-state index is 4.48. The minimum absolute atomic E-state index is 0.787. The van der Waals surface area contributed by atoms with Crippen LogP contribution in [0.25, 0.3) is 0 Å². The molecule has 1 aromatic carbocycles. The van der Waals surface area contributed by atoms with E-state index < -0.39 is 0 Å². The first kappa shape index (κ1) is 22.8. The highest BCUT2D eigenvalue weighted by molar-refractivity contribution is 7.11. The number of rotatable bonds is 9. The molecule has 2 N–H and O–H groups in total. The highest BCUT2D eigenvalue weighted by Crippen LogP contribution is 2.21. The molecule has 1 fully saturated rings. The summed E-state index contributed by atoms with van der Waals surface area (Å²) in [4.78, 5) is 12.7. The quantitative estimate of drug-likeness (QED) is 0.358. The molecule has 0 bridgehead atoms. The Hall–Kier alpha value is -1.92. The number of thiazole rings is 1. The van der Waals surface area contributed by atoms with E-state index in [0.29, 0.717) is 0 Å². The van der Waals surface area contributed by atoms with Crippen molar-refractivity contribution in [3.8, 4) is 0 Å². The van der Waals surface area contributed by atoms with Gasteiger partial charge in [-0.1, -0.05) is 30.3 Å². The number of piperidine rings is 1. The molecule has 2 aromatic rings. The Morgan fingerprint density at radius 3 is 2.57 bits per heavy atom. The van der Waals surface area contributed by atoms with Gasteiger partial charge >= 0.3 is 0 Å². The lowest BCUT2D eigenvalue weighted by atomic mass is 9.90. The summed E-state index contributed by atoms with van der Waals surface area (Å²) in [6.07, 6.45) is 6.32. The smallest absolute Gasteiger partial charge is 0.191 e. The molecule has 6 heteroatoms. The van der Waals surface area contributed by atoms with Gasteiger partial charge in [0, 0.05) is 18.5 Å². The largest absolute Gasteiger partial charge is 0.356 e. The van der Waals surface area contributed by atoms with Gasteiger partial charge in [0.2, 0.25) is 0 Å². The third kappa shape index (κ3) is 7.40. The fourth-order valence-corrected chi connectivity index (χ4v) is 5.03. The van der Waals surface area contributed by atoms with E-state index in [1.54, 1.807) is 11.3 Å². The molecule has 0 atom stereocenters. The molecule has 3 rings (SSSR count). The molecule has 0 radical (unpaired) electrons. The van der Waals surface area contributed by atoms with E-state index in [0.717, 1.165) is 35.7 Å². The van der Waals surface area contributed by atoms with Crippen molar-refractivity contribution in [2.75, 3.05) is 33.2 Å². The molecule has 0 spiro atoms. The predicted octanol–water partition coefficient (Wildman–Crippen LogP) is 4.16. The number of nitrogens with one attached hydrogen (secondary N) is 2. The van der Waals surface area contributed by atoms with Gasteiger partial charge in [-0.3, -0.25) is 4.99 Å². The van der Waals surface area contributed by atoms with Crippen molar-refractivity contribution in [3.63, 3.8) is 0 Å². The van der Waals surface area contributed by atoms with Crippen LogP contribution in [0, 0.1) is 19.8 Å². The minimum Gasteiger partial charge on any atom is -0.356 e. The first-order chi connectivity index (χ1) is 14.6. The van der Waals surface area contributed by atoms with Gasteiger partial charge in [0.25, 0.3) is 0 Å². The molecule has 30 heavy (non-hydrogen) atoms. The highest BCUT2D eigenvalue weighted by Gasteiger charge is 2.18. The molecule has 5 nitrogen and oxygen atoms in total. The minimum atomic E-state index is 0.787. The molecule has 0 amide bonds. The molecular weight excluding hydrogens is 390 g/mol. The predicted molar refractivity (Wildman–Crippen MR) is 128 cm³/mol. The van der Waals surface area contributed by atoms with Gasteiger partial charge in [-0.25, -0.2) is 4.98 Å². The maximum Gasteiger partial charge on any atom is 0.191 e. The van der Waals surface area contributed by atoms with E-state index in [4.69, 9.17) is 0 Å². The second-order valence-corrected chi connectivity index (χ2v) is 9.56. The first-order valence-corrected chi connectivity index (χ1v) is 12.1. The van der Waals surface area contributed by atoms with Crippen molar-refractivity contribution in [1.82, 2.24) is 20.5 Å². The van der Waals surface area contributed by atoms with Crippen LogP contribution in [0.15, 0.2) is 35.3 Å². The Morgan fingerprint density at radius 1 is 1.13 bits per heavy atom. The molecule has 0 unspecified atom stereocenters. The van der Waals surface area contributed by atoms with Crippen molar-refractivity contribution in [1.29, 1.82) is 0 Å². The van der Waals surface area contributed by atoms with Crippen LogP contribution in [0.3, 0.4) is 0 Å². The van der Waals surface area contributed by atoms with E-state index in [-0.39, 0.29) is 0 Å². The van der Waals surface area contributed by atoms with E-state index in [1.807, 2.05) is 7.05 Å². The monoisotopic (exact) mass is 427 g/mol. The number of benzene rings is 1. The van der Waals surface area contributed by atoms with Gasteiger partial charge in [-0.2, -0.15) is 0 Å². The van der Waals surface area contributed by atoms with E-state index in [1.165, 1.54) is 62.2 Å². The Labute approximate surface area is 186 Å². The number of guanidine groups is 1. The average molecular weight is 428 g/mol. The Morgan fingerprint density at radius 2 is 1.90 bits per heavy atom. The zero-order valence-electron chi connectivity index (χ0n) is 18.8. The third-order valence-corrected chi connectivity index (χ3v) is 6.98. The first-order valence-electron chi connectivity index (χ1n) is 11.3. The SMILES string of the molecule is CN=C(NCCCCN1CCC(Cc2ccccc2)CC1)NCc1sc(C)nc1C. The highest BCUT2D eigenvalue weighted by atomic mass is 32.1. The van der Waals surface area contributed by atoms with Gasteiger partial charge < -0.3 is 15.5 Å². The maximum atomic E-state index is 4.48. The molecular formula is C24H37N5S. The number of likely N-dealkylation sites (tertiary alicyclic amines) is 1. The van der Waals surface area contributed by atoms with Crippen molar-refractivity contribution < 1.29 is 0 Å². The zero-order valence-corrected chi connectivity index (χ0v) is 19.6. The lowest BCUT2D eigenvalue weighted by Crippen LogP contribution is -2.38. The second-order valence-electron chi connectivity index (χ2n) is 8.28. The molecule has 2 heterocycles. The average Bonchev–Trinajstić information content (AvgIpc) is 3.09. The lowest BCUT2D eigenvalue weighted by Gasteiger charge is -2.32. The lowest BCUT2D eigenvalue weighted by molar-refractivity contribution is 0.181. The number of aromatic nitrogens is 1. The number of aliphatic imine (C=N–C) groups is 1. The van der Waals surface area contributed by atoms with Crippen LogP contribution in [0.4, 0.5) is 0 Å². The molecule has 1 saturated heterocycles. The molecule has 0 aliphatic carbocycles. The van der Waals surface area contributed by atoms with E-state index in [9.17, 15) is 0 Å². The van der Waals surface area contributed by atoms with Crippen molar-refractivity contribution >= 4 is 17.3 Å². The summed E-state index contributed by atoms with van der Waals surface area (Å²) < 4.78 is 0. The van der Waals surface area contributed by atoms with Crippen LogP contribution < -0.4 is 10.6 Å². The number of hydrogen-bond acceptors (Lipinski definition) is 4. The van der Waals surface area contributed by atoms with Crippen molar-refractivity contribution in [3.05, 3.63) is 51.5 Å². The molecule has 1 aromatic heterocycles. The third-order valence-electron chi connectivity index (χ3n) is 5.91. The van der Waals surface area contributed by atoms with Gasteiger partial charge in [0.15, 0.2) is 5.96 Å². The molecule has 0 saturated carbocycles. The number of hydrogen-bond donors (Lipinski definition) is 2. The molecule has 1 aliphatic heterocycles. The summed E-state index contributed by atoms with van der Waals surface area (Å²) in [6.45, 7) is 9.59. The van der Waals surface area contributed by atoms with Gasteiger partial charge in [-0.15, -0.1) is 11.3 Å². The summed E-state index contributed by atoms with van der Waals surface area (Å²) >= 11 is 1.75. The summed E-state index contributed by atoms with van der Waals surface area (Å²) in [7, 11) is 1.83. The van der Waals surface area contributed by atoms with Crippen LogP contribution >= 0.6 is 11.3 Å². The number of unbranched alkanes of at least 4 members (excludes halogenated alkanes) is 1. The van der Waals surface area contributed by atoms with Crippen LogP contribution in [0.5, 0.6) is 0 Å². The Kier molecular flexibility index (Phi) is 9.15. The zero-order chi connectivity index (χ0) is 21.2. The van der Waals surface area contributed by atoms with Gasteiger partial charge in [-0.05, 0) is 77.1 Å². The van der Waals surface area contributed by atoms with Gasteiger partial charge in [0.1, 0.15) is 0 Å². The normalized spacial score (nSPS) is 16.0. The van der Waals surface area contributed by atoms with E-state index in [2.05, 4.69) is 69.7 Å². The summed E-state index contributed by atoms with van der Waals surface area (Å²) in [6, 6.07) is 11.0. The summed E-state index contributed by atoms with van der Waals surface area (Å²) in [5.74, 6) is 1.73. The standard InChI is InChI=1S/C24H37N5S/c1-19-23(30-20(2)28-19)18-27-24(25-3)26-13-7-8-14-29-15-11-22(12-16-29)17-21-9-5-4-6-10-21/h4-6,9-10,22H,7-8,11-18H2,1-3H3,(H2,25,26,27). The van der Waals surface area contributed by atoms with E-state index >= 15 is 0 Å². The fraction of sp³-hybridized carbons (Fsp3) is 0.583. The number of nitrogens with zero attached hydrogens (tertiary/aromatic N) is 3. The van der Waals surface area contributed by atoms with Crippen LogP contribution in [0.1, 0.15) is 46.8 Å². The Bertz CT molecular complexity index is 778. The summed E-state index contributed by atoms with van der Waals surface area (Å²) in [5, 5.41) is 7.97. The van der Waals surface area contributed by atoms with Crippen LogP contribution in [0.2, 0.25) is 0 Å². The van der Waals surface area contributed by atoms with Crippen molar-refractivity contribution in [2.45, 2.75) is 52.5 Å².